The Labute approximate surface area is 177 Å². The number of ether oxygens (including phenoxy) is 1. The minimum atomic E-state index is -0.680. The molecular weight excluding hydrogens is 398 g/mol. The van der Waals surface area contributed by atoms with E-state index in [1.165, 1.54) is 20.2 Å². The third kappa shape index (κ3) is 4.54. The molecule has 9 nitrogen and oxygen atoms in total. The Morgan fingerprint density at radius 3 is 2.45 bits per heavy atom. The fourth-order valence-electron chi connectivity index (χ4n) is 2.74. The molecular formula is C22H17N5O4. The minimum Gasteiger partial charge on any atom is -0.465 e. The molecule has 1 N–H and O–H groups in total. The van der Waals surface area contributed by atoms with Crippen molar-refractivity contribution in [2.45, 2.75) is 6.92 Å². The second-order valence-corrected chi connectivity index (χ2v) is 6.33. The van der Waals surface area contributed by atoms with Gasteiger partial charge in [0.15, 0.2) is 5.69 Å². The molecule has 0 atom stereocenters. The monoisotopic (exact) mass is 415 g/mol. The van der Waals surface area contributed by atoms with Crippen molar-refractivity contribution in [2.75, 3.05) is 7.11 Å². The van der Waals surface area contributed by atoms with E-state index in [4.69, 9.17) is 0 Å². The first-order valence-electron chi connectivity index (χ1n) is 9.07. The number of hydrogen-bond donors (Lipinski definition) is 1. The number of hydrazone groups is 1. The van der Waals surface area contributed by atoms with Crippen LogP contribution in [0.1, 0.15) is 37.5 Å². The number of carbonyl (C=O) groups is 2. The minimum absolute atomic E-state index is 0.0989. The number of amides is 1. The summed E-state index contributed by atoms with van der Waals surface area (Å²) in [7, 11) is 1.29. The highest BCUT2D eigenvalue weighted by Crippen LogP contribution is 2.10. The van der Waals surface area contributed by atoms with Gasteiger partial charge in [-0.3, -0.25) is 9.59 Å². The fraction of sp³-hybridized carbons (Fsp3) is 0.0909. The summed E-state index contributed by atoms with van der Waals surface area (Å²) in [6.45, 7) is 1.48. The molecule has 1 aromatic heterocycles. The SMILES string of the molecule is COC(=O)c1ccc(/C=N/NC(=O)c2nn(-c3ccccc3)c(=O)c(C#N)c2C)cc1. The number of para-hydroxylation sites is 1. The number of hydrogen-bond acceptors (Lipinski definition) is 7. The van der Waals surface area contributed by atoms with E-state index in [2.05, 4.69) is 20.4 Å². The van der Waals surface area contributed by atoms with Crippen molar-refractivity contribution in [1.29, 1.82) is 5.26 Å². The van der Waals surface area contributed by atoms with Gasteiger partial charge in [-0.05, 0) is 36.8 Å². The average Bonchev–Trinajstić information content (AvgIpc) is 2.80. The van der Waals surface area contributed by atoms with Crippen molar-refractivity contribution in [3.8, 4) is 11.8 Å². The molecule has 0 radical (unpaired) electrons. The molecule has 0 aliphatic heterocycles. The molecule has 154 valence electrons. The van der Waals surface area contributed by atoms with Crippen LogP contribution in [0.25, 0.3) is 5.69 Å². The maximum Gasteiger partial charge on any atom is 0.337 e. The Balaban J connectivity index is 1.86. The van der Waals surface area contributed by atoms with Gasteiger partial charge in [-0.1, -0.05) is 30.3 Å². The molecule has 1 heterocycles. The van der Waals surface area contributed by atoms with Gasteiger partial charge in [0, 0.05) is 5.56 Å². The number of nitrogens with one attached hydrogen (secondary N) is 1. The first-order chi connectivity index (χ1) is 15.0. The van der Waals surface area contributed by atoms with Crippen molar-refractivity contribution >= 4 is 18.1 Å². The highest BCUT2D eigenvalue weighted by molar-refractivity contribution is 5.95. The Bertz CT molecular complexity index is 1260. The van der Waals surface area contributed by atoms with Gasteiger partial charge in [0.05, 0.1) is 24.6 Å². The molecule has 3 aromatic rings. The van der Waals surface area contributed by atoms with Crippen LogP contribution in [0, 0.1) is 18.3 Å². The fourth-order valence-corrected chi connectivity index (χ4v) is 2.74. The van der Waals surface area contributed by atoms with Crippen LogP contribution in [0.2, 0.25) is 0 Å². The van der Waals surface area contributed by atoms with Crippen LogP contribution in [-0.2, 0) is 4.74 Å². The average molecular weight is 415 g/mol. The lowest BCUT2D eigenvalue weighted by atomic mass is 10.1. The largest absolute Gasteiger partial charge is 0.465 e. The van der Waals surface area contributed by atoms with Gasteiger partial charge in [-0.25, -0.2) is 10.2 Å². The Morgan fingerprint density at radius 2 is 1.84 bits per heavy atom. The molecule has 0 spiro atoms. The number of esters is 1. The van der Waals surface area contributed by atoms with Gasteiger partial charge in [0.1, 0.15) is 11.6 Å². The first-order valence-corrected chi connectivity index (χ1v) is 9.07. The summed E-state index contributed by atoms with van der Waals surface area (Å²) in [5, 5.41) is 17.4. The maximum absolute atomic E-state index is 12.6. The number of carbonyl (C=O) groups excluding carboxylic acids is 2. The van der Waals surface area contributed by atoms with E-state index < -0.39 is 17.4 Å². The lowest BCUT2D eigenvalue weighted by Crippen LogP contribution is -2.31. The summed E-state index contributed by atoms with van der Waals surface area (Å²) >= 11 is 0. The predicted octanol–water partition coefficient (Wildman–Crippen LogP) is 1.96. The second-order valence-electron chi connectivity index (χ2n) is 6.33. The van der Waals surface area contributed by atoms with Gasteiger partial charge in [-0.15, -0.1) is 0 Å². The molecule has 3 rings (SSSR count). The van der Waals surface area contributed by atoms with E-state index in [0.717, 1.165) is 4.68 Å². The zero-order chi connectivity index (χ0) is 22.4. The van der Waals surface area contributed by atoms with E-state index in [-0.39, 0.29) is 16.8 Å². The Kier molecular flexibility index (Phi) is 6.33. The standard InChI is InChI=1S/C22H17N5O4/c1-14-18(12-23)21(29)27(17-6-4-3-5-7-17)26-19(14)20(28)25-24-13-15-8-10-16(11-9-15)22(30)31-2/h3-11,13H,1-2H3,(H,25,28)/b24-13+. The summed E-state index contributed by atoms with van der Waals surface area (Å²) in [4.78, 5) is 36.7. The Hall–Kier alpha value is -4.58. The van der Waals surface area contributed by atoms with Gasteiger partial charge in [0.25, 0.3) is 11.5 Å². The van der Waals surface area contributed by atoms with Gasteiger partial charge in [-0.2, -0.15) is 20.1 Å². The van der Waals surface area contributed by atoms with E-state index in [1.807, 2.05) is 6.07 Å². The number of nitriles is 1. The van der Waals surface area contributed by atoms with E-state index in [1.54, 1.807) is 54.6 Å². The van der Waals surface area contributed by atoms with Crippen LogP contribution in [-0.4, -0.2) is 35.0 Å². The summed E-state index contributed by atoms with van der Waals surface area (Å²) in [5.41, 5.74) is 3.05. The molecule has 2 aromatic carbocycles. The zero-order valence-corrected chi connectivity index (χ0v) is 16.7. The highest BCUT2D eigenvalue weighted by Gasteiger charge is 2.20. The van der Waals surface area contributed by atoms with Crippen LogP contribution in [0.15, 0.2) is 64.5 Å². The molecule has 0 bridgehead atoms. The molecule has 9 heteroatoms. The molecule has 0 fully saturated rings. The van der Waals surface area contributed by atoms with Crippen molar-refractivity contribution in [1.82, 2.24) is 15.2 Å². The topological polar surface area (TPSA) is 126 Å². The lowest BCUT2D eigenvalue weighted by molar-refractivity contribution is 0.0600. The lowest BCUT2D eigenvalue weighted by Gasteiger charge is -2.10. The highest BCUT2D eigenvalue weighted by atomic mass is 16.5. The number of aromatic nitrogens is 2. The van der Waals surface area contributed by atoms with E-state index >= 15 is 0 Å². The van der Waals surface area contributed by atoms with Crippen LogP contribution < -0.4 is 11.0 Å². The maximum atomic E-state index is 12.6. The zero-order valence-electron chi connectivity index (χ0n) is 16.7. The third-order valence-corrected chi connectivity index (χ3v) is 4.38. The molecule has 0 unspecified atom stereocenters. The summed E-state index contributed by atoms with van der Waals surface area (Å²) in [6.07, 6.45) is 1.38. The van der Waals surface area contributed by atoms with Crippen LogP contribution >= 0.6 is 0 Å². The Morgan fingerprint density at radius 1 is 1.16 bits per heavy atom. The quantitative estimate of drug-likeness (QED) is 0.386. The summed E-state index contributed by atoms with van der Waals surface area (Å²) < 4.78 is 5.64. The van der Waals surface area contributed by atoms with E-state index in [9.17, 15) is 19.6 Å². The van der Waals surface area contributed by atoms with Gasteiger partial charge >= 0.3 is 5.97 Å². The summed E-state index contributed by atoms with van der Waals surface area (Å²) in [5.74, 6) is -1.14. The third-order valence-electron chi connectivity index (χ3n) is 4.38. The number of rotatable bonds is 5. The normalized spacial score (nSPS) is 10.5. The van der Waals surface area contributed by atoms with Gasteiger partial charge < -0.3 is 4.74 Å². The van der Waals surface area contributed by atoms with Crippen molar-refractivity contribution in [3.63, 3.8) is 0 Å². The smallest absolute Gasteiger partial charge is 0.337 e. The predicted molar refractivity (Wildman–Crippen MR) is 112 cm³/mol. The number of methoxy groups -OCH3 is 1. The molecule has 31 heavy (non-hydrogen) atoms. The van der Waals surface area contributed by atoms with Crippen LogP contribution in [0.5, 0.6) is 0 Å². The molecule has 0 aliphatic carbocycles. The first kappa shape index (κ1) is 21.1. The molecule has 0 saturated carbocycles. The molecule has 0 aliphatic rings. The van der Waals surface area contributed by atoms with Crippen LogP contribution in [0.4, 0.5) is 0 Å². The van der Waals surface area contributed by atoms with Crippen LogP contribution in [0.3, 0.4) is 0 Å². The van der Waals surface area contributed by atoms with Crippen molar-refractivity contribution in [3.05, 3.63) is 92.9 Å². The van der Waals surface area contributed by atoms with Gasteiger partial charge in [0.2, 0.25) is 0 Å². The number of benzene rings is 2. The van der Waals surface area contributed by atoms with Crippen molar-refractivity contribution < 1.29 is 14.3 Å². The van der Waals surface area contributed by atoms with Crippen molar-refractivity contribution in [2.24, 2.45) is 5.10 Å². The molecule has 1 amide bonds. The second kappa shape index (κ2) is 9.28. The molecule has 0 saturated heterocycles. The number of nitrogens with zero attached hydrogens (tertiary/aromatic N) is 4. The summed E-state index contributed by atoms with van der Waals surface area (Å²) in [6, 6.07) is 16.7. The van der Waals surface area contributed by atoms with E-state index in [0.29, 0.717) is 16.8 Å².